The third-order valence-corrected chi connectivity index (χ3v) is 1.91. The lowest BCUT2D eigenvalue weighted by Crippen LogP contribution is -2.00. The predicted molar refractivity (Wildman–Crippen MR) is 48.5 cm³/mol. The summed E-state index contributed by atoms with van der Waals surface area (Å²) in [5, 5.41) is 8.69. The number of hydrogen-bond acceptors (Lipinski definition) is 3. The van der Waals surface area contributed by atoms with Crippen molar-refractivity contribution in [1.82, 2.24) is 4.98 Å². The highest BCUT2D eigenvalue weighted by Gasteiger charge is 2.06. The standard InChI is InChI=1S/C10H10N2O/c1-3-9-7(2)4-8(5-11)10(6-13)12-9/h4,6H,3H2,1-2H3. The number of aromatic nitrogens is 1. The summed E-state index contributed by atoms with van der Waals surface area (Å²) in [4.78, 5) is 14.6. The molecule has 0 bridgehead atoms. The Labute approximate surface area is 77.0 Å². The van der Waals surface area contributed by atoms with Crippen LogP contribution in [0, 0.1) is 18.3 Å². The zero-order valence-corrected chi connectivity index (χ0v) is 7.66. The van der Waals surface area contributed by atoms with Gasteiger partial charge in [-0.1, -0.05) is 6.92 Å². The van der Waals surface area contributed by atoms with E-state index in [0.29, 0.717) is 11.8 Å². The fourth-order valence-electron chi connectivity index (χ4n) is 1.20. The number of carbonyl (C=O) groups excluding carboxylic acids is 1. The number of aldehydes is 1. The van der Waals surface area contributed by atoms with Crippen molar-refractivity contribution in [3.63, 3.8) is 0 Å². The van der Waals surface area contributed by atoms with E-state index in [1.165, 1.54) is 0 Å². The fraction of sp³-hybridized carbons (Fsp3) is 0.300. The maximum absolute atomic E-state index is 10.6. The van der Waals surface area contributed by atoms with Crippen LogP contribution in [0.5, 0.6) is 0 Å². The summed E-state index contributed by atoms with van der Waals surface area (Å²) >= 11 is 0. The second-order valence-corrected chi connectivity index (χ2v) is 2.77. The Balaban J connectivity index is 3.36. The van der Waals surface area contributed by atoms with Gasteiger partial charge in [-0.3, -0.25) is 4.79 Å². The molecule has 1 aromatic heterocycles. The first-order valence-electron chi connectivity index (χ1n) is 4.08. The summed E-state index contributed by atoms with van der Waals surface area (Å²) in [6.45, 7) is 3.86. The van der Waals surface area contributed by atoms with E-state index in [9.17, 15) is 4.79 Å². The van der Waals surface area contributed by atoms with Gasteiger partial charge in [0.2, 0.25) is 0 Å². The normalized spacial score (nSPS) is 9.31. The first-order chi connectivity index (χ1) is 6.22. The molecule has 1 aromatic rings. The molecule has 0 unspecified atom stereocenters. The van der Waals surface area contributed by atoms with Gasteiger partial charge in [0.25, 0.3) is 0 Å². The zero-order chi connectivity index (χ0) is 9.84. The molecule has 0 aliphatic heterocycles. The van der Waals surface area contributed by atoms with Crippen LogP contribution in [0.3, 0.4) is 0 Å². The van der Waals surface area contributed by atoms with E-state index in [0.717, 1.165) is 17.7 Å². The highest BCUT2D eigenvalue weighted by atomic mass is 16.1. The first-order valence-corrected chi connectivity index (χ1v) is 4.08. The molecular weight excluding hydrogens is 164 g/mol. The van der Waals surface area contributed by atoms with Crippen molar-refractivity contribution in [1.29, 1.82) is 5.26 Å². The lowest BCUT2D eigenvalue weighted by molar-refractivity contribution is 0.111. The van der Waals surface area contributed by atoms with Gasteiger partial charge in [-0.2, -0.15) is 5.26 Å². The van der Waals surface area contributed by atoms with Crippen molar-refractivity contribution in [2.45, 2.75) is 20.3 Å². The Kier molecular flexibility index (Phi) is 2.76. The van der Waals surface area contributed by atoms with Crippen molar-refractivity contribution in [3.05, 3.63) is 28.6 Å². The largest absolute Gasteiger partial charge is 0.296 e. The number of pyridine rings is 1. The van der Waals surface area contributed by atoms with Crippen LogP contribution in [-0.4, -0.2) is 11.3 Å². The third kappa shape index (κ3) is 1.73. The van der Waals surface area contributed by atoms with Crippen LogP contribution >= 0.6 is 0 Å². The van der Waals surface area contributed by atoms with Crippen LogP contribution in [0.4, 0.5) is 0 Å². The molecule has 66 valence electrons. The highest BCUT2D eigenvalue weighted by molar-refractivity contribution is 5.76. The van der Waals surface area contributed by atoms with Crippen molar-refractivity contribution in [3.8, 4) is 6.07 Å². The topological polar surface area (TPSA) is 53.8 Å². The summed E-state index contributed by atoms with van der Waals surface area (Å²) in [5.41, 5.74) is 2.43. The van der Waals surface area contributed by atoms with E-state index in [1.807, 2.05) is 19.9 Å². The number of aryl methyl sites for hydroxylation is 2. The monoisotopic (exact) mass is 174 g/mol. The van der Waals surface area contributed by atoms with Crippen LogP contribution in [0.2, 0.25) is 0 Å². The summed E-state index contributed by atoms with van der Waals surface area (Å²) in [6, 6.07) is 3.65. The smallest absolute Gasteiger partial charge is 0.169 e. The minimum atomic E-state index is 0.241. The molecule has 3 nitrogen and oxygen atoms in total. The van der Waals surface area contributed by atoms with Crippen LogP contribution in [0.15, 0.2) is 6.07 Å². The van der Waals surface area contributed by atoms with E-state index in [-0.39, 0.29) is 5.69 Å². The van der Waals surface area contributed by atoms with Gasteiger partial charge in [0, 0.05) is 5.69 Å². The highest BCUT2D eigenvalue weighted by Crippen LogP contribution is 2.11. The second-order valence-electron chi connectivity index (χ2n) is 2.77. The van der Waals surface area contributed by atoms with Gasteiger partial charge in [0.1, 0.15) is 11.8 Å². The van der Waals surface area contributed by atoms with Crippen LogP contribution in [0.1, 0.15) is 34.2 Å². The van der Waals surface area contributed by atoms with Crippen LogP contribution < -0.4 is 0 Å². The first kappa shape index (κ1) is 9.40. The molecule has 0 aliphatic carbocycles. The predicted octanol–water partition coefficient (Wildman–Crippen LogP) is 1.64. The number of nitriles is 1. The minimum Gasteiger partial charge on any atom is -0.296 e. The lowest BCUT2D eigenvalue weighted by atomic mass is 10.1. The van der Waals surface area contributed by atoms with Crippen molar-refractivity contribution >= 4 is 6.29 Å². The molecule has 0 radical (unpaired) electrons. The van der Waals surface area contributed by atoms with Gasteiger partial charge in [0.15, 0.2) is 6.29 Å². The summed E-state index contributed by atoms with van der Waals surface area (Å²) in [5.74, 6) is 0. The molecule has 0 spiro atoms. The Hall–Kier alpha value is -1.69. The number of nitrogens with zero attached hydrogens (tertiary/aromatic N) is 2. The molecule has 3 heteroatoms. The lowest BCUT2D eigenvalue weighted by Gasteiger charge is -2.03. The Morgan fingerprint density at radius 1 is 1.69 bits per heavy atom. The SMILES string of the molecule is CCc1nc(C=O)c(C#N)cc1C. The second kappa shape index (κ2) is 3.81. The van der Waals surface area contributed by atoms with Crippen molar-refractivity contribution in [2.24, 2.45) is 0 Å². The number of rotatable bonds is 2. The van der Waals surface area contributed by atoms with Crippen LogP contribution in [0.25, 0.3) is 0 Å². The van der Waals surface area contributed by atoms with Gasteiger partial charge < -0.3 is 0 Å². The molecule has 0 fully saturated rings. The molecule has 0 aliphatic rings. The Morgan fingerprint density at radius 3 is 2.85 bits per heavy atom. The van der Waals surface area contributed by atoms with E-state index in [4.69, 9.17) is 5.26 Å². The average Bonchev–Trinajstić information content (AvgIpc) is 2.17. The Bertz CT molecular complexity index is 377. The van der Waals surface area contributed by atoms with Gasteiger partial charge in [0.05, 0.1) is 5.56 Å². The van der Waals surface area contributed by atoms with E-state index >= 15 is 0 Å². The molecule has 0 saturated heterocycles. The molecule has 0 saturated carbocycles. The molecule has 1 heterocycles. The van der Waals surface area contributed by atoms with E-state index in [2.05, 4.69) is 4.98 Å². The van der Waals surface area contributed by atoms with Gasteiger partial charge >= 0.3 is 0 Å². The van der Waals surface area contributed by atoms with Crippen LogP contribution in [-0.2, 0) is 6.42 Å². The summed E-state index contributed by atoms with van der Waals surface area (Å²) in [7, 11) is 0. The Morgan fingerprint density at radius 2 is 2.38 bits per heavy atom. The maximum Gasteiger partial charge on any atom is 0.169 e. The quantitative estimate of drug-likeness (QED) is 0.640. The minimum absolute atomic E-state index is 0.241. The van der Waals surface area contributed by atoms with Gasteiger partial charge in [-0.15, -0.1) is 0 Å². The van der Waals surface area contributed by atoms with Crippen molar-refractivity contribution < 1.29 is 4.79 Å². The molecule has 13 heavy (non-hydrogen) atoms. The van der Waals surface area contributed by atoms with Crippen molar-refractivity contribution in [2.75, 3.05) is 0 Å². The number of hydrogen-bond donors (Lipinski definition) is 0. The summed E-state index contributed by atoms with van der Waals surface area (Å²) in [6.07, 6.45) is 1.40. The molecule has 1 rings (SSSR count). The molecule has 0 atom stereocenters. The zero-order valence-electron chi connectivity index (χ0n) is 7.66. The molecular formula is C10H10N2O. The summed E-state index contributed by atoms with van der Waals surface area (Å²) < 4.78 is 0. The molecule has 0 amide bonds. The van der Waals surface area contributed by atoms with Gasteiger partial charge in [-0.25, -0.2) is 4.98 Å². The molecule has 0 N–H and O–H groups in total. The van der Waals surface area contributed by atoms with E-state index in [1.54, 1.807) is 6.07 Å². The average molecular weight is 174 g/mol. The fourth-order valence-corrected chi connectivity index (χ4v) is 1.20. The number of carbonyl (C=O) groups is 1. The maximum atomic E-state index is 10.6. The van der Waals surface area contributed by atoms with Gasteiger partial charge in [-0.05, 0) is 25.0 Å². The van der Waals surface area contributed by atoms with E-state index < -0.39 is 0 Å². The third-order valence-electron chi connectivity index (χ3n) is 1.91. The molecule has 0 aromatic carbocycles.